The summed E-state index contributed by atoms with van der Waals surface area (Å²) in [6, 6.07) is 4.57. The first kappa shape index (κ1) is 9.92. The monoisotopic (exact) mass is 209 g/mol. The number of nitro groups is 1. The van der Waals surface area contributed by atoms with E-state index in [0.717, 1.165) is 5.56 Å². The Balaban J connectivity index is 2.44. The van der Waals surface area contributed by atoms with Crippen molar-refractivity contribution in [3.63, 3.8) is 0 Å². The molecule has 1 fully saturated rings. The molecule has 5 nitrogen and oxygen atoms in total. The highest BCUT2D eigenvalue weighted by Gasteiger charge is 2.43. The summed E-state index contributed by atoms with van der Waals surface area (Å²) in [6.45, 7) is 2.55. The van der Waals surface area contributed by atoms with E-state index in [2.05, 4.69) is 0 Å². The molecule has 0 aliphatic carbocycles. The molecule has 1 unspecified atom stereocenters. The van der Waals surface area contributed by atoms with Crippen molar-refractivity contribution in [1.82, 2.24) is 0 Å². The maximum absolute atomic E-state index is 10.6. The lowest BCUT2D eigenvalue weighted by molar-refractivity contribution is -0.384. The van der Waals surface area contributed by atoms with E-state index in [0.29, 0.717) is 12.4 Å². The highest BCUT2D eigenvalue weighted by atomic mass is 16.6. The van der Waals surface area contributed by atoms with Crippen LogP contribution in [-0.2, 0) is 10.3 Å². The average Bonchev–Trinajstić information content (AvgIpc) is 2.96. The van der Waals surface area contributed by atoms with Gasteiger partial charge in [0.15, 0.2) is 0 Å². The molecule has 5 heteroatoms. The molecule has 2 rings (SSSR count). The standard InChI is InChI=1S/C10H11NO4/c1-10(6-15-10)8-4-3-7(11(12)13)5-9(8)14-2/h3-5H,6H2,1-2H3. The lowest BCUT2D eigenvalue weighted by Crippen LogP contribution is -2.05. The van der Waals surface area contributed by atoms with Crippen LogP contribution < -0.4 is 4.74 Å². The summed E-state index contributed by atoms with van der Waals surface area (Å²) in [5, 5.41) is 10.6. The molecule has 1 aliphatic heterocycles. The van der Waals surface area contributed by atoms with Crippen molar-refractivity contribution in [3.8, 4) is 5.75 Å². The Labute approximate surface area is 86.8 Å². The lowest BCUT2D eigenvalue weighted by Gasteiger charge is -2.10. The molecular weight excluding hydrogens is 198 g/mol. The molecule has 80 valence electrons. The Bertz CT molecular complexity index is 412. The topological polar surface area (TPSA) is 64.9 Å². The van der Waals surface area contributed by atoms with Gasteiger partial charge in [-0.15, -0.1) is 0 Å². The number of hydrogen-bond donors (Lipinski definition) is 0. The van der Waals surface area contributed by atoms with Crippen LogP contribution in [0.2, 0.25) is 0 Å². The van der Waals surface area contributed by atoms with E-state index in [9.17, 15) is 10.1 Å². The van der Waals surface area contributed by atoms with Gasteiger partial charge in [0.1, 0.15) is 11.4 Å². The second-order valence-corrected chi connectivity index (χ2v) is 3.66. The Hall–Kier alpha value is -1.62. The zero-order valence-corrected chi connectivity index (χ0v) is 8.52. The lowest BCUT2D eigenvalue weighted by atomic mass is 10.0. The van der Waals surface area contributed by atoms with Gasteiger partial charge in [-0.2, -0.15) is 0 Å². The van der Waals surface area contributed by atoms with Crippen LogP contribution in [0.25, 0.3) is 0 Å². The molecule has 1 aromatic rings. The van der Waals surface area contributed by atoms with Gasteiger partial charge >= 0.3 is 0 Å². The van der Waals surface area contributed by atoms with Crippen molar-refractivity contribution in [2.24, 2.45) is 0 Å². The Morgan fingerprint density at radius 3 is 2.73 bits per heavy atom. The molecule has 0 bridgehead atoms. The van der Waals surface area contributed by atoms with Gasteiger partial charge in [-0.3, -0.25) is 10.1 Å². The third-order valence-electron chi connectivity index (χ3n) is 2.54. The van der Waals surface area contributed by atoms with E-state index < -0.39 is 4.92 Å². The van der Waals surface area contributed by atoms with Crippen molar-refractivity contribution in [2.75, 3.05) is 13.7 Å². The molecule has 1 heterocycles. The predicted octanol–water partition coefficient (Wildman–Crippen LogP) is 1.85. The molecule has 15 heavy (non-hydrogen) atoms. The van der Waals surface area contributed by atoms with Gasteiger partial charge in [0.05, 0.1) is 24.7 Å². The molecule has 0 amide bonds. The number of rotatable bonds is 3. The third-order valence-corrected chi connectivity index (χ3v) is 2.54. The molecule has 1 aromatic carbocycles. The Morgan fingerprint density at radius 1 is 1.60 bits per heavy atom. The molecule has 1 aliphatic rings. The molecular formula is C10H11NO4. The van der Waals surface area contributed by atoms with Gasteiger partial charge in [-0.05, 0) is 13.0 Å². The quantitative estimate of drug-likeness (QED) is 0.433. The van der Waals surface area contributed by atoms with Crippen LogP contribution in [0.1, 0.15) is 12.5 Å². The minimum absolute atomic E-state index is 0.0276. The number of methoxy groups -OCH3 is 1. The second kappa shape index (κ2) is 3.20. The van der Waals surface area contributed by atoms with Crippen molar-refractivity contribution in [2.45, 2.75) is 12.5 Å². The van der Waals surface area contributed by atoms with Gasteiger partial charge in [0, 0.05) is 11.6 Å². The van der Waals surface area contributed by atoms with Crippen LogP contribution in [0.5, 0.6) is 5.75 Å². The first-order valence-corrected chi connectivity index (χ1v) is 4.54. The van der Waals surface area contributed by atoms with Gasteiger partial charge in [0.25, 0.3) is 5.69 Å². The average molecular weight is 209 g/mol. The van der Waals surface area contributed by atoms with E-state index in [1.807, 2.05) is 6.92 Å². The number of epoxide rings is 1. The molecule has 0 radical (unpaired) electrons. The highest BCUT2D eigenvalue weighted by molar-refractivity contribution is 5.48. The fourth-order valence-corrected chi connectivity index (χ4v) is 1.49. The summed E-state index contributed by atoms with van der Waals surface area (Å²) >= 11 is 0. The zero-order valence-electron chi connectivity index (χ0n) is 8.52. The van der Waals surface area contributed by atoms with E-state index in [1.165, 1.54) is 19.2 Å². The summed E-state index contributed by atoms with van der Waals surface area (Å²) in [5.74, 6) is 0.504. The second-order valence-electron chi connectivity index (χ2n) is 3.66. The highest BCUT2D eigenvalue weighted by Crippen LogP contribution is 2.43. The summed E-state index contributed by atoms with van der Waals surface area (Å²) < 4.78 is 10.4. The minimum Gasteiger partial charge on any atom is -0.496 e. The van der Waals surface area contributed by atoms with Crippen LogP contribution in [0.3, 0.4) is 0 Å². The number of nitrogens with zero attached hydrogens (tertiary/aromatic N) is 1. The SMILES string of the molecule is COc1cc([N+](=O)[O-])ccc1C1(C)CO1. The van der Waals surface area contributed by atoms with Crippen molar-refractivity contribution in [1.29, 1.82) is 0 Å². The molecule has 0 N–H and O–H groups in total. The maximum Gasteiger partial charge on any atom is 0.273 e. The third kappa shape index (κ3) is 1.66. The smallest absolute Gasteiger partial charge is 0.273 e. The van der Waals surface area contributed by atoms with Gasteiger partial charge in [-0.1, -0.05) is 0 Å². The fourth-order valence-electron chi connectivity index (χ4n) is 1.49. The summed E-state index contributed by atoms with van der Waals surface area (Å²) in [7, 11) is 1.49. The van der Waals surface area contributed by atoms with Gasteiger partial charge in [0.2, 0.25) is 0 Å². The van der Waals surface area contributed by atoms with Gasteiger partial charge < -0.3 is 9.47 Å². The Morgan fingerprint density at radius 2 is 2.27 bits per heavy atom. The van der Waals surface area contributed by atoms with Gasteiger partial charge in [-0.25, -0.2) is 0 Å². The van der Waals surface area contributed by atoms with Crippen molar-refractivity contribution in [3.05, 3.63) is 33.9 Å². The van der Waals surface area contributed by atoms with Crippen LogP contribution in [0.4, 0.5) is 5.69 Å². The van der Waals surface area contributed by atoms with Crippen LogP contribution in [-0.4, -0.2) is 18.6 Å². The van der Waals surface area contributed by atoms with Crippen molar-refractivity contribution < 1.29 is 14.4 Å². The zero-order chi connectivity index (χ0) is 11.1. The molecule has 1 atom stereocenters. The minimum atomic E-state index is -0.442. The van der Waals surface area contributed by atoms with Crippen LogP contribution in [0.15, 0.2) is 18.2 Å². The summed E-state index contributed by atoms with van der Waals surface area (Å²) in [4.78, 5) is 10.1. The number of non-ortho nitro benzene ring substituents is 1. The van der Waals surface area contributed by atoms with E-state index >= 15 is 0 Å². The molecule has 0 saturated carbocycles. The number of benzene rings is 1. The number of hydrogen-bond acceptors (Lipinski definition) is 4. The maximum atomic E-state index is 10.6. The predicted molar refractivity (Wildman–Crippen MR) is 53.0 cm³/mol. The van der Waals surface area contributed by atoms with E-state index in [4.69, 9.17) is 9.47 Å². The molecule has 0 aromatic heterocycles. The normalized spacial score (nSPS) is 23.6. The largest absolute Gasteiger partial charge is 0.496 e. The first-order valence-electron chi connectivity index (χ1n) is 4.54. The van der Waals surface area contributed by atoms with E-state index in [1.54, 1.807) is 6.07 Å². The fraction of sp³-hybridized carbons (Fsp3) is 0.400. The first-order chi connectivity index (χ1) is 7.07. The summed E-state index contributed by atoms with van der Waals surface area (Å²) in [6.07, 6.45) is 0. The van der Waals surface area contributed by atoms with Crippen LogP contribution >= 0.6 is 0 Å². The molecule has 0 spiro atoms. The molecule has 1 saturated heterocycles. The number of ether oxygens (including phenoxy) is 2. The summed E-state index contributed by atoms with van der Waals surface area (Å²) in [5.41, 5.74) is 0.552. The number of nitro benzene ring substituents is 1. The Kier molecular flexibility index (Phi) is 2.12. The van der Waals surface area contributed by atoms with Crippen molar-refractivity contribution >= 4 is 5.69 Å². The van der Waals surface area contributed by atoms with Crippen LogP contribution in [0, 0.1) is 10.1 Å². The van der Waals surface area contributed by atoms with E-state index in [-0.39, 0.29) is 11.3 Å².